The maximum atomic E-state index is 13.3. The average molecular weight is 321 g/mol. The summed E-state index contributed by atoms with van der Waals surface area (Å²) in [6.07, 6.45) is -1.67. The van der Waals surface area contributed by atoms with Gasteiger partial charge in [-0.15, -0.1) is 0 Å². The fourth-order valence-electron chi connectivity index (χ4n) is 2.71. The predicted octanol–water partition coefficient (Wildman–Crippen LogP) is 4.64. The van der Waals surface area contributed by atoms with E-state index in [4.69, 9.17) is 0 Å². The Morgan fingerprint density at radius 1 is 1.29 bits per heavy atom. The van der Waals surface area contributed by atoms with E-state index in [2.05, 4.69) is 5.32 Å². The van der Waals surface area contributed by atoms with Crippen LogP contribution in [0.25, 0.3) is 0 Å². The Morgan fingerprint density at radius 2 is 1.95 bits per heavy atom. The van der Waals surface area contributed by atoms with Crippen molar-refractivity contribution in [1.29, 1.82) is 0 Å². The van der Waals surface area contributed by atoms with E-state index >= 15 is 0 Å². The molecule has 1 heterocycles. The molecule has 1 fully saturated rings. The zero-order valence-electron chi connectivity index (χ0n) is 11.8. The van der Waals surface area contributed by atoms with Crippen molar-refractivity contribution >= 4 is 11.8 Å². The van der Waals surface area contributed by atoms with Gasteiger partial charge in [0.25, 0.3) is 0 Å². The molecule has 0 amide bonds. The monoisotopic (exact) mass is 321 g/mol. The molecule has 1 saturated heterocycles. The third-order valence-corrected chi connectivity index (χ3v) is 5.01. The quantitative estimate of drug-likeness (QED) is 0.811. The largest absolute Gasteiger partial charge is 0.419 e. The van der Waals surface area contributed by atoms with Crippen LogP contribution in [0.2, 0.25) is 0 Å². The molecule has 2 rings (SSSR count). The normalized spacial score (nSPS) is 18.7. The molecular formula is C15H19F4NS. The summed E-state index contributed by atoms with van der Waals surface area (Å²) >= 11 is 1.92. The van der Waals surface area contributed by atoms with Crippen LogP contribution in [0, 0.1) is 11.7 Å². The molecule has 1 aromatic carbocycles. The van der Waals surface area contributed by atoms with E-state index in [1.54, 1.807) is 7.05 Å². The highest BCUT2D eigenvalue weighted by atomic mass is 32.2. The summed E-state index contributed by atoms with van der Waals surface area (Å²) in [6, 6.07) is 3.14. The van der Waals surface area contributed by atoms with Gasteiger partial charge in [-0.05, 0) is 61.4 Å². The average Bonchev–Trinajstić information content (AvgIpc) is 2.45. The number of nitrogens with one attached hydrogen (secondary N) is 1. The number of hydrogen-bond donors (Lipinski definition) is 1. The molecule has 118 valence electrons. The van der Waals surface area contributed by atoms with Crippen LogP contribution in [-0.4, -0.2) is 18.6 Å². The molecule has 21 heavy (non-hydrogen) atoms. The molecule has 0 aromatic heterocycles. The lowest BCUT2D eigenvalue weighted by Gasteiger charge is -2.27. The van der Waals surface area contributed by atoms with Crippen molar-refractivity contribution in [2.75, 3.05) is 18.6 Å². The van der Waals surface area contributed by atoms with Crippen LogP contribution in [-0.2, 0) is 6.18 Å². The van der Waals surface area contributed by atoms with Gasteiger partial charge in [0.2, 0.25) is 0 Å². The van der Waals surface area contributed by atoms with Crippen LogP contribution < -0.4 is 5.32 Å². The summed E-state index contributed by atoms with van der Waals surface area (Å²) < 4.78 is 51.7. The summed E-state index contributed by atoms with van der Waals surface area (Å²) in [5, 5.41) is 3.07. The molecule has 6 heteroatoms. The molecule has 0 spiro atoms. The van der Waals surface area contributed by atoms with Gasteiger partial charge >= 0.3 is 6.18 Å². The minimum Gasteiger partial charge on any atom is -0.313 e. The highest BCUT2D eigenvalue weighted by Crippen LogP contribution is 2.35. The van der Waals surface area contributed by atoms with Crippen LogP contribution in [0.4, 0.5) is 17.6 Å². The van der Waals surface area contributed by atoms with E-state index in [0.29, 0.717) is 11.5 Å². The molecule has 0 aliphatic carbocycles. The molecule has 1 nitrogen and oxygen atoms in total. The molecule has 0 bridgehead atoms. The van der Waals surface area contributed by atoms with Crippen molar-refractivity contribution < 1.29 is 17.6 Å². The van der Waals surface area contributed by atoms with Gasteiger partial charge in [-0.25, -0.2) is 4.39 Å². The highest BCUT2D eigenvalue weighted by molar-refractivity contribution is 7.99. The Balaban J connectivity index is 2.17. The van der Waals surface area contributed by atoms with Crippen LogP contribution in [0.3, 0.4) is 0 Å². The highest BCUT2D eigenvalue weighted by Gasteiger charge is 2.34. The summed E-state index contributed by atoms with van der Waals surface area (Å²) in [7, 11) is 1.73. The summed E-state index contributed by atoms with van der Waals surface area (Å²) in [5.41, 5.74) is -0.677. The van der Waals surface area contributed by atoms with Gasteiger partial charge in [0, 0.05) is 6.04 Å². The maximum absolute atomic E-state index is 13.3. The lowest BCUT2D eigenvalue weighted by molar-refractivity contribution is -0.140. The van der Waals surface area contributed by atoms with Crippen LogP contribution in [0.5, 0.6) is 0 Å². The predicted molar refractivity (Wildman–Crippen MR) is 77.9 cm³/mol. The molecule has 0 saturated carbocycles. The first-order valence-corrected chi connectivity index (χ1v) is 8.19. The van der Waals surface area contributed by atoms with Gasteiger partial charge < -0.3 is 5.32 Å². The number of alkyl halides is 3. The lowest BCUT2D eigenvalue weighted by Crippen LogP contribution is -2.23. The minimum absolute atomic E-state index is 0.167. The molecular weight excluding hydrogens is 302 g/mol. The first-order valence-electron chi connectivity index (χ1n) is 7.03. The van der Waals surface area contributed by atoms with Gasteiger partial charge in [-0.1, -0.05) is 6.07 Å². The Bertz CT molecular complexity index is 469. The van der Waals surface area contributed by atoms with Crippen molar-refractivity contribution in [2.45, 2.75) is 31.5 Å². The fourth-order valence-corrected chi connectivity index (χ4v) is 3.92. The number of thioether (sulfide) groups is 1. The second kappa shape index (κ2) is 7.01. The molecule has 1 atom stereocenters. The van der Waals surface area contributed by atoms with E-state index in [-0.39, 0.29) is 6.04 Å². The zero-order valence-corrected chi connectivity index (χ0v) is 12.7. The van der Waals surface area contributed by atoms with Crippen LogP contribution >= 0.6 is 11.8 Å². The maximum Gasteiger partial charge on any atom is 0.419 e. The molecule has 1 N–H and O–H groups in total. The van der Waals surface area contributed by atoms with Gasteiger partial charge in [0.15, 0.2) is 0 Å². The van der Waals surface area contributed by atoms with E-state index in [9.17, 15) is 17.6 Å². The van der Waals surface area contributed by atoms with Gasteiger partial charge in [0.1, 0.15) is 5.82 Å². The van der Waals surface area contributed by atoms with Crippen LogP contribution in [0.1, 0.15) is 36.4 Å². The third kappa shape index (κ3) is 4.36. The second-order valence-electron chi connectivity index (χ2n) is 5.37. The molecule has 1 aliphatic rings. The number of halogens is 4. The Labute approximate surface area is 126 Å². The van der Waals surface area contributed by atoms with Crippen molar-refractivity contribution in [3.8, 4) is 0 Å². The Kier molecular flexibility index (Phi) is 5.54. The molecule has 1 aliphatic heterocycles. The van der Waals surface area contributed by atoms with Gasteiger partial charge in [-0.3, -0.25) is 0 Å². The number of rotatable bonds is 4. The first-order chi connectivity index (χ1) is 9.91. The fraction of sp³-hybridized carbons (Fsp3) is 0.600. The van der Waals surface area contributed by atoms with Gasteiger partial charge in [-0.2, -0.15) is 24.9 Å². The van der Waals surface area contributed by atoms with Crippen molar-refractivity contribution in [1.82, 2.24) is 5.32 Å². The van der Waals surface area contributed by atoms with Crippen LogP contribution in [0.15, 0.2) is 18.2 Å². The van der Waals surface area contributed by atoms with Crippen molar-refractivity contribution in [2.24, 2.45) is 5.92 Å². The van der Waals surface area contributed by atoms with Gasteiger partial charge in [0.05, 0.1) is 5.56 Å². The number of benzene rings is 1. The van der Waals surface area contributed by atoms with E-state index in [0.717, 1.165) is 42.9 Å². The van der Waals surface area contributed by atoms with E-state index in [1.165, 1.54) is 6.07 Å². The first kappa shape index (κ1) is 16.6. The Morgan fingerprint density at radius 3 is 2.52 bits per heavy atom. The zero-order chi connectivity index (χ0) is 15.5. The smallest absolute Gasteiger partial charge is 0.313 e. The SMILES string of the molecule is CNC(CC1CCSCC1)c1ccc(F)c(C(F)(F)F)c1. The summed E-state index contributed by atoms with van der Waals surface area (Å²) in [5.74, 6) is 1.52. The van der Waals surface area contributed by atoms with Crippen molar-refractivity contribution in [3.05, 3.63) is 35.1 Å². The molecule has 0 radical (unpaired) electrons. The lowest BCUT2D eigenvalue weighted by atomic mass is 9.90. The minimum atomic E-state index is -4.65. The number of hydrogen-bond acceptors (Lipinski definition) is 2. The molecule has 1 aromatic rings. The molecule has 1 unspecified atom stereocenters. The Hall–Kier alpha value is -0.750. The standard InChI is InChI=1S/C15H19F4NS/c1-20-14(8-10-4-6-21-7-5-10)11-2-3-13(16)12(9-11)15(17,18)19/h2-3,9-10,14,20H,4-8H2,1H3. The summed E-state index contributed by atoms with van der Waals surface area (Å²) in [4.78, 5) is 0. The third-order valence-electron chi connectivity index (χ3n) is 3.96. The van der Waals surface area contributed by atoms with Crippen molar-refractivity contribution in [3.63, 3.8) is 0 Å². The second-order valence-corrected chi connectivity index (χ2v) is 6.59. The van der Waals surface area contributed by atoms with E-state index < -0.39 is 17.6 Å². The van der Waals surface area contributed by atoms with E-state index in [1.807, 2.05) is 11.8 Å². The topological polar surface area (TPSA) is 12.0 Å². The summed E-state index contributed by atoms with van der Waals surface area (Å²) in [6.45, 7) is 0.